The van der Waals surface area contributed by atoms with Crippen molar-refractivity contribution in [3.63, 3.8) is 0 Å². The maximum atomic E-state index is 14.9. The Kier molecular flexibility index (Phi) is 6.16. The van der Waals surface area contributed by atoms with Gasteiger partial charge in [0.15, 0.2) is 0 Å². The molecule has 7 nitrogen and oxygen atoms in total. The molecular weight excluding hydrogens is 466 g/mol. The highest BCUT2D eigenvalue weighted by molar-refractivity contribution is 7.07. The van der Waals surface area contributed by atoms with Crippen molar-refractivity contribution in [2.75, 3.05) is 14.2 Å². The summed E-state index contributed by atoms with van der Waals surface area (Å²) in [6.45, 7) is 0. The number of nitrogens with zero attached hydrogens (tertiary/aromatic N) is 1. The summed E-state index contributed by atoms with van der Waals surface area (Å²) >= 11 is 0.848. The number of fused-ring (bicyclic) bond motifs is 1. The third-order valence-electron chi connectivity index (χ3n) is 5.37. The fraction of sp³-hybridized carbons (Fsp3) is 0.125. The Morgan fingerprint density at radius 1 is 0.971 bits per heavy atom. The van der Waals surface area contributed by atoms with Gasteiger partial charge in [-0.1, -0.05) is 36.4 Å². The molecule has 34 heavy (non-hydrogen) atoms. The number of rotatable bonds is 4. The van der Waals surface area contributed by atoms with E-state index in [0.717, 1.165) is 30.1 Å². The summed E-state index contributed by atoms with van der Waals surface area (Å²) in [7, 11) is 2.22. The average Bonchev–Trinajstić information content (AvgIpc) is 3.15. The molecular formula is C24H18F2N2O5S. The number of carbonyl (C=O) groups excluding carboxylic acids is 2. The van der Waals surface area contributed by atoms with Gasteiger partial charge in [0.05, 0.1) is 35.8 Å². The topological polar surface area (TPSA) is 101 Å². The molecule has 1 aliphatic heterocycles. The van der Waals surface area contributed by atoms with Crippen molar-refractivity contribution in [2.24, 2.45) is 5.73 Å². The first-order valence-corrected chi connectivity index (χ1v) is 10.7. The zero-order valence-electron chi connectivity index (χ0n) is 18.0. The van der Waals surface area contributed by atoms with E-state index in [9.17, 15) is 23.2 Å². The van der Waals surface area contributed by atoms with Crippen LogP contribution in [0.4, 0.5) is 8.78 Å². The monoisotopic (exact) mass is 484 g/mol. The van der Waals surface area contributed by atoms with Crippen LogP contribution in [-0.2, 0) is 19.1 Å². The lowest BCUT2D eigenvalue weighted by molar-refractivity contribution is -0.136. The standard InChI is InChI=1S/C24H18F2N2O5S/c1-32-23(30)18-17(13-8-4-6-10-15(13)26)19(24(31)33-2)22-28(20(18)27)21(29)16(34-22)11-12-7-3-5-9-14(12)25/h3-11,17H,27H2,1-2H3/b16-11-/t17-/m0/s1. The third kappa shape index (κ3) is 3.71. The molecule has 0 unspecified atom stereocenters. The Bertz CT molecular complexity index is 1540. The Balaban J connectivity index is 2.17. The lowest BCUT2D eigenvalue weighted by Crippen LogP contribution is -2.41. The Morgan fingerprint density at radius 2 is 1.56 bits per heavy atom. The highest BCUT2D eigenvalue weighted by Crippen LogP contribution is 2.38. The van der Waals surface area contributed by atoms with Crippen LogP contribution in [0.1, 0.15) is 17.0 Å². The van der Waals surface area contributed by atoms with E-state index in [-0.39, 0.29) is 37.3 Å². The van der Waals surface area contributed by atoms with Gasteiger partial charge in [-0.2, -0.15) is 0 Å². The van der Waals surface area contributed by atoms with Gasteiger partial charge in [-0.3, -0.25) is 9.36 Å². The van der Waals surface area contributed by atoms with Gasteiger partial charge in [0.1, 0.15) is 22.1 Å². The highest BCUT2D eigenvalue weighted by Gasteiger charge is 2.40. The van der Waals surface area contributed by atoms with Gasteiger partial charge in [-0.15, -0.1) is 11.3 Å². The van der Waals surface area contributed by atoms with Crippen molar-refractivity contribution < 1.29 is 27.8 Å². The van der Waals surface area contributed by atoms with Crippen LogP contribution in [0.3, 0.4) is 0 Å². The number of benzene rings is 2. The normalized spacial score (nSPS) is 15.8. The van der Waals surface area contributed by atoms with E-state index in [0.29, 0.717) is 0 Å². The SMILES string of the molecule is COC(=O)C1=C(N)n2c(s/c(=C\c3ccccc3F)c2=O)=C(C(=O)OC)[C@H]1c1ccccc1F. The summed E-state index contributed by atoms with van der Waals surface area (Å²) in [5, 5.41) is 0. The van der Waals surface area contributed by atoms with Crippen LogP contribution in [0.2, 0.25) is 0 Å². The summed E-state index contributed by atoms with van der Waals surface area (Å²) in [5.74, 6) is -4.73. The first kappa shape index (κ1) is 23.1. The fourth-order valence-electron chi connectivity index (χ4n) is 3.82. The molecule has 0 fully saturated rings. The summed E-state index contributed by atoms with van der Waals surface area (Å²) in [6.07, 6.45) is 1.31. The Hall–Kier alpha value is -4.05. The maximum absolute atomic E-state index is 14.9. The van der Waals surface area contributed by atoms with Crippen LogP contribution >= 0.6 is 11.3 Å². The number of nitrogens with two attached hydrogens (primary N) is 1. The van der Waals surface area contributed by atoms with Gasteiger partial charge in [0.2, 0.25) is 0 Å². The number of halogens is 2. The predicted octanol–water partition coefficient (Wildman–Crippen LogP) is 1.44. The first-order chi connectivity index (χ1) is 16.3. The van der Waals surface area contributed by atoms with Crippen molar-refractivity contribution in [3.8, 4) is 0 Å². The number of aromatic nitrogens is 1. The van der Waals surface area contributed by atoms with E-state index in [1.165, 1.54) is 48.5 Å². The summed E-state index contributed by atoms with van der Waals surface area (Å²) < 4.78 is 39.9. The van der Waals surface area contributed by atoms with Crippen molar-refractivity contribution in [3.05, 3.63) is 96.4 Å². The fourth-order valence-corrected chi connectivity index (χ4v) is 4.98. The van der Waals surface area contributed by atoms with E-state index in [1.54, 1.807) is 6.07 Å². The number of thiazole rings is 1. The molecule has 174 valence electrons. The van der Waals surface area contributed by atoms with Gasteiger partial charge < -0.3 is 15.2 Å². The van der Waals surface area contributed by atoms with E-state index in [1.807, 2.05) is 0 Å². The van der Waals surface area contributed by atoms with Crippen molar-refractivity contribution in [1.82, 2.24) is 4.57 Å². The molecule has 0 amide bonds. The smallest absolute Gasteiger partial charge is 0.338 e. The van der Waals surface area contributed by atoms with E-state index < -0.39 is 35.1 Å². The predicted molar refractivity (Wildman–Crippen MR) is 122 cm³/mol. The first-order valence-electron chi connectivity index (χ1n) is 9.93. The molecule has 2 aromatic carbocycles. The van der Waals surface area contributed by atoms with E-state index >= 15 is 0 Å². The molecule has 0 saturated heterocycles. The minimum Gasteiger partial charge on any atom is -0.466 e. The van der Waals surface area contributed by atoms with E-state index in [2.05, 4.69) is 0 Å². The molecule has 1 aromatic heterocycles. The van der Waals surface area contributed by atoms with Gasteiger partial charge in [-0.25, -0.2) is 18.4 Å². The molecule has 0 aliphatic carbocycles. The molecule has 1 atom stereocenters. The Morgan fingerprint density at radius 3 is 2.18 bits per heavy atom. The zero-order chi connectivity index (χ0) is 24.6. The highest BCUT2D eigenvalue weighted by atomic mass is 32.1. The lowest BCUT2D eigenvalue weighted by Gasteiger charge is -2.26. The molecule has 3 aromatic rings. The molecule has 0 saturated carbocycles. The quantitative estimate of drug-likeness (QED) is 0.563. The van der Waals surface area contributed by atoms with E-state index in [4.69, 9.17) is 15.2 Å². The third-order valence-corrected chi connectivity index (χ3v) is 6.48. The number of esters is 2. The van der Waals surface area contributed by atoms with Gasteiger partial charge >= 0.3 is 11.9 Å². The van der Waals surface area contributed by atoms with Gasteiger partial charge in [0, 0.05) is 11.1 Å². The number of hydrogen-bond donors (Lipinski definition) is 1. The second-order valence-corrected chi connectivity index (χ2v) is 8.26. The largest absolute Gasteiger partial charge is 0.466 e. The molecule has 2 N–H and O–H groups in total. The van der Waals surface area contributed by atoms with Gasteiger partial charge in [0.25, 0.3) is 5.56 Å². The second-order valence-electron chi connectivity index (χ2n) is 7.23. The van der Waals surface area contributed by atoms with Crippen molar-refractivity contribution in [1.29, 1.82) is 0 Å². The molecule has 1 aliphatic rings. The maximum Gasteiger partial charge on any atom is 0.338 e. The van der Waals surface area contributed by atoms with Crippen LogP contribution in [0, 0.1) is 11.6 Å². The molecule has 0 bridgehead atoms. The average molecular weight is 484 g/mol. The van der Waals surface area contributed by atoms with Crippen LogP contribution < -0.4 is 20.5 Å². The summed E-state index contributed by atoms with van der Waals surface area (Å²) in [5.41, 5.74) is 5.22. The van der Waals surface area contributed by atoms with Crippen LogP contribution in [-0.4, -0.2) is 30.7 Å². The molecule has 0 spiro atoms. The number of ether oxygens (including phenoxy) is 2. The minimum absolute atomic E-state index is 0.0296. The molecule has 10 heteroatoms. The zero-order valence-corrected chi connectivity index (χ0v) is 18.8. The summed E-state index contributed by atoms with van der Waals surface area (Å²) in [4.78, 5) is 39.0. The summed E-state index contributed by atoms with van der Waals surface area (Å²) in [6, 6.07) is 11.4. The van der Waals surface area contributed by atoms with Crippen LogP contribution in [0.15, 0.2) is 58.9 Å². The number of hydrogen-bond acceptors (Lipinski definition) is 7. The van der Waals surface area contributed by atoms with Crippen molar-refractivity contribution >= 4 is 40.7 Å². The number of methoxy groups -OCH3 is 2. The van der Waals surface area contributed by atoms with Crippen LogP contribution in [0.5, 0.6) is 0 Å². The Labute approximate surface area is 195 Å². The second kappa shape index (κ2) is 9.06. The van der Waals surface area contributed by atoms with Crippen molar-refractivity contribution in [2.45, 2.75) is 5.92 Å². The molecule has 2 heterocycles. The molecule has 0 radical (unpaired) electrons. The van der Waals surface area contributed by atoms with Crippen LogP contribution in [0.25, 0.3) is 17.5 Å². The number of carbonyl (C=O) groups is 2. The van der Waals surface area contributed by atoms with Gasteiger partial charge in [-0.05, 0) is 18.2 Å². The lowest BCUT2D eigenvalue weighted by atomic mass is 9.83. The minimum atomic E-state index is -1.31. The molecule has 4 rings (SSSR count).